The maximum Gasteiger partial charge on any atom is 0.238 e. The maximum atomic E-state index is 12.0. The third-order valence-electron chi connectivity index (χ3n) is 4.92. The molecule has 3 rings (SSSR count). The topological polar surface area (TPSA) is 44.4 Å². The molecule has 0 atom stereocenters. The fourth-order valence-electron chi connectivity index (χ4n) is 3.52. The van der Waals surface area contributed by atoms with Crippen LogP contribution in [0.15, 0.2) is 35.9 Å². The van der Waals surface area contributed by atoms with Crippen molar-refractivity contribution in [2.75, 3.05) is 36.4 Å². The predicted octanol–water partition coefficient (Wildman–Crippen LogP) is 3.71. The van der Waals surface area contributed by atoms with E-state index in [-0.39, 0.29) is 5.91 Å². The minimum absolute atomic E-state index is 0.0292. The average Bonchev–Trinajstić information content (AvgIpc) is 3.15. The molecule has 2 aliphatic rings. The van der Waals surface area contributed by atoms with Gasteiger partial charge in [-0.1, -0.05) is 11.6 Å². The van der Waals surface area contributed by atoms with Crippen LogP contribution in [-0.2, 0) is 4.79 Å². The number of nitrogens with zero attached hydrogens (tertiary/aromatic N) is 1. The van der Waals surface area contributed by atoms with Crippen molar-refractivity contribution in [1.82, 2.24) is 5.32 Å². The van der Waals surface area contributed by atoms with Gasteiger partial charge in [0.25, 0.3) is 0 Å². The van der Waals surface area contributed by atoms with E-state index >= 15 is 0 Å². The molecule has 0 saturated carbocycles. The fourth-order valence-corrected chi connectivity index (χ4v) is 3.52. The lowest BCUT2D eigenvalue weighted by molar-refractivity contribution is -0.115. The number of hydrogen-bond acceptors (Lipinski definition) is 3. The third kappa shape index (κ3) is 5.10. The van der Waals surface area contributed by atoms with Gasteiger partial charge in [-0.05, 0) is 75.8 Å². The number of allylic oxidation sites excluding steroid dienone is 1. The van der Waals surface area contributed by atoms with Crippen molar-refractivity contribution in [2.24, 2.45) is 0 Å². The molecular formula is C20H29N3O. The summed E-state index contributed by atoms with van der Waals surface area (Å²) >= 11 is 0. The van der Waals surface area contributed by atoms with Gasteiger partial charge in [-0.2, -0.15) is 0 Å². The highest BCUT2D eigenvalue weighted by molar-refractivity contribution is 5.92. The van der Waals surface area contributed by atoms with Crippen LogP contribution in [0, 0.1) is 0 Å². The molecule has 1 aliphatic carbocycles. The Morgan fingerprint density at radius 2 is 1.83 bits per heavy atom. The van der Waals surface area contributed by atoms with Crippen molar-refractivity contribution in [3.63, 3.8) is 0 Å². The first-order chi connectivity index (χ1) is 11.8. The lowest BCUT2D eigenvalue weighted by Crippen LogP contribution is -2.29. The Balaban J connectivity index is 1.36. The first-order valence-corrected chi connectivity index (χ1v) is 9.35. The summed E-state index contributed by atoms with van der Waals surface area (Å²) in [6.07, 6.45) is 11.1. The van der Waals surface area contributed by atoms with Crippen LogP contribution in [0.1, 0.15) is 44.9 Å². The van der Waals surface area contributed by atoms with Crippen molar-refractivity contribution in [1.29, 1.82) is 0 Å². The van der Waals surface area contributed by atoms with E-state index in [1.165, 1.54) is 44.2 Å². The van der Waals surface area contributed by atoms with E-state index in [0.717, 1.165) is 31.7 Å². The monoisotopic (exact) mass is 327 g/mol. The van der Waals surface area contributed by atoms with E-state index in [2.05, 4.69) is 33.7 Å². The molecule has 1 heterocycles. The van der Waals surface area contributed by atoms with E-state index in [1.807, 2.05) is 12.1 Å². The summed E-state index contributed by atoms with van der Waals surface area (Å²) in [4.78, 5) is 14.4. The normalized spacial score (nSPS) is 17.7. The Morgan fingerprint density at radius 1 is 1.04 bits per heavy atom. The van der Waals surface area contributed by atoms with Gasteiger partial charge in [0.15, 0.2) is 0 Å². The number of hydrogen-bond donors (Lipinski definition) is 2. The Labute approximate surface area is 145 Å². The lowest BCUT2D eigenvalue weighted by Gasteiger charge is -2.17. The molecule has 4 nitrogen and oxygen atoms in total. The van der Waals surface area contributed by atoms with Gasteiger partial charge in [-0.3, -0.25) is 4.79 Å². The number of carbonyl (C=O) groups is 1. The van der Waals surface area contributed by atoms with Crippen molar-refractivity contribution >= 4 is 17.3 Å². The van der Waals surface area contributed by atoms with Crippen LogP contribution in [0.4, 0.5) is 11.4 Å². The molecule has 24 heavy (non-hydrogen) atoms. The number of amides is 1. The molecule has 1 saturated heterocycles. The van der Waals surface area contributed by atoms with Crippen LogP contribution in [0.5, 0.6) is 0 Å². The minimum Gasteiger partial charge on any atom is -0.372 e. The zero-order valence-corrected chi connectivity index (χ0v) is 14.5. The molecular weight excluding hydrogens is 298 g/mol. The quantitative estimate of drug-likeness (QED) is 0.593. The molecule has 0 spiro atoms. The Bertz CT molecular complexity index is 559. The first-order valence-electron chi connectivity index (χ1n) is 9.35. The Hall–Kier alpha value is -1.81. The molecule has 1 aromatic carbocycles. The summed E-state index contributed by atoms with van der Waals surface area (Å²) in [5.74, 6) is 0.0292. The van der Waals surface area contributed by atoms with E-state index in [4.69, 9.17) is 0 Å². The summed E-state index contributed by atoms with van der Waals surface area (Å²) in [5, 5.41) is 6.21. The third-order valence-corrected chi connectivity index (χ3v) is 4.92. The molecule has 0 radical (unpaired) electrons. The summed E-state index contributed by atoms with van der Waals surface area (Å²) in [6, 6.07) is 8.20. The Morgan fingerprint density at radius 3 is 2.54 bits per heavy atom. The van der Waals surface area contributed by atoms with Crippen LogP contribution in [0.25, 0.3) is 0 Å². The second kappa shape index (κ2) is 8.88. The lowest BCUT2D eigenvalue weighted by atomic mass is 9.97. The van der Waals surface area contributed by atoms with Gasteiger partial charge < -0.3 is 15.5 Å². The van der Waals surface area contributed by atoms with Gasteiger partial charge in [0.05, 0.1) is 6.54 Å². The summed E-state index contributed by atoms with van der Waals surface area (Å²) in [6.45, 7) is 3.55. The zero-order chi connectivity index (χ0) is 16.6. The first kappa shape index (κ1) is 17.0. The molecule has 0 unspecified atom stereocenters. The van der Waals surface area contributed by atoms with Crippen LogP contribution >= 0.6 is 0 Å². The number of rotatable bonds is 7. The van der Waals surface area contributed by atoms with Gasteiger partial charge in [-0.25, -0.2) is 0 Å². The second-order valence-corrected chi connectivity index (χ2v) is 6.82. The van der Waals surface area contributed by atoms with Crippen molar-refractivity contribution in [3.05, 3.63) is 35.9 Å². The molecule has 2 N–H and O–H groups in total. The highest BCUT2D eigenvalue weighted by Gasteiger charge is 2.12. The molecule has 1 aliphatic heterocycles. The number of nitrogens with one attached hydrogen (secondary N) is 2. The van der Waals surface area contributed by atoms with E-state index in [0.29, 0.717) is 6.54 Å². The van der Waals surface area contributed by atoms with E-state index in [1.54, 1.807) is 5.57 Å². The van der Waals surface area contributed by atoms with Gasteiger partial charge in [0, 0.05) is 24.5 Å². The molecule has 0 aromatic heterocycles. The SMILES string of the molecule is O=C(CNCCC1=CCCCC1)Nc1ccc(N2CCCC2)cc1. The van der Waals surface area contributed by atoms with Gasteiger partial charge in [-0.15, -0.1) is 0 Å². The number of benzene rings is 1. The highest BCUT2D eigenvalue weighted by Crippen LogP contribution is 2.22. The second-order valence-electron chi connectivity index (χ2n) is 6.82. The average molecular weight is 327 g/mol. The van der Waals surface area contributed by atoms with Crippen LogP contribution in [0.2, 0.25) is 0 Å². The molecule has 4 heteroatoms. The highest BCUT2D eigenvalue weighted by atomic mass is 16.1. The van der Waals surface area contributed by atoms with E-state index < -0.39 is 0 Å². The van der Waals surface area contributed by atoms with Gasteiger partial charge in [0.2, 0.25) is 5.91 Å². The summed E-state index contributed by atoms with van der Waals surface area (Å²) in [7, 11) is 0. The van der Waals surface area contributed by atoms with Crippen LogP contribution in [0.3, 0.4) is 0 Å². The fraction of sp³-hybridized carbons (Fsp3) is 0.550. The predicted molar refractivity (Wildman–Crippen MR) is 101 cm³/mol. The molecule has 1 amide bonds. The summed E-state index contributed by atoms with van der Waals surface area (Å²) < 4.78 is 0. The van der Waals surface area contributed by atoms with E-state index in [9.17, 15) is 4.79 Å². The number of carbonyl (C=O) groups excluding carboxylic acids is 1. The van der Waals surface area contributed by atoms with Crippen molar-refractivity contribution < 1.29 is 4.79 Å². The van der Waals surface area contributed by atoms with Crippen LogP contribution < -0.4 is 15.5 Å². The van der Waals surface area contributed by atoms with Crippen molar-refractivity contribution in [2.45, 2.75) is 44.9 Å². The minimum atomic E-state index is 0.0292. The zero-order valence-electron chi connectivity index (χ0n) is 14.5. The molecule has 130 valence electrons. The van der Waals surface area contributed by atoms with Gasteiger partial charge >= 0.3 is 0 Å². The summed E-state index contributed by atoms with van der Waals surface area (Å²) in [5.41, 5.74) is 3.68. The van der Waals surface area contributed by atoms with Crippen LogP contribution in [-0.4, -0.2) is 32.1 Å². The smallest absolute Gasteiger partial charge is 0.238 e. The molecule has 1 aromatic rings. The van der Waals surface area contributed by atoms with Crippen molar-refractivity contribution in [3.8, 4) is 0 Å². The maximum absolute atomic E-state index is 12.0. The Kier molecular flexibility index (Phi) is 6.30. The standard InChI is InChI=1S/C20H29N3O/c24-20(16-21-13-12-17-6-2-1-3-7-17)22-18-8-10-19(11-9-18)23-14-4-5-15-23/h6,8-11,21H,1-5,7,12-16H2,(H,22,24). The molecule has 0 bridgehead atoms. The van der Waals surface area contributed by atoms with Gasteiger partial charge in [0.1, 0.15) is 0 Å². The number of anilines is 2. The largest absolute Gasteiger partial charge is 0.372 e. The molecule has 1 fully saturated rings.